The monoisotopic (exact) mass is 234 g/mol. The van der Waals surface area contributed by atoms with Crippen LogP contribution in [-0.4, -0.2) is 17.0 Å². The lowest BCUT2D eigenvalue weighted by Gasteiger charge is -2.12. The molecule has 0 spiro atoms. The summed E-state index contributed by atoms with van der Waals surface area (Å²) in [5.41, 5.74) is 0. The van der Waals surface area contributed by atoms with Crippen molar-refractivity contribution in [3.63, 3.8) is 0 Å². The van der Waals surface area contributed by atoms with E-state index in [1.165, 1.54) is 4.88 Å². The Morgan fingerprint density at radius 3 is 2.94 bits per heavy atom. The van der Waals surface area contributed by atoms with E-state index < -0.39 is 0 Å². The summed E-state index contributed by atoms with van der Waals surface area (Å²) in [7, 11) is 1.81. The summed E-state index contributed by atoms with van der Waals surface area (Å²) in [6.07, 6.45) is 1.74. The summed E-state index contributed by atoms with van der Waals surface area (Å²) in [5, 5.41) is 8.33. The molecule has 2 aromatic rings. The van der Waals surface area contributed by atoms with Crippen molar-refractivity contribution >= 4 is 23.1 Å². The maximum atomic E-state index is 4.31. The lowest BCUT2D eigenvalue weighted by molar-refractivity contribution is 0.894. The van der Waals surface area contributed by atoms with Gasteiger partial charge in [0.2, 0.25) is 5.95 Å². The van der Waals surface area contributed by atoms with Crippen LogP contribution in [0.5, 0.6) is 0 Å². The number of thiophene rings is 1. The van der Waals surface area contributed by atoms with Crippen LogP contribution < -0.4 is 10.6 Å². The standard InChI is InChI=1S/C11H14N4S/c1-8(9-4-3-7-16-9)14-10-5-6-13-11(12-2)15-10/h3-8H,1-2H3,(H2,12,13,14,15). The van der Waals surface area contributed by atoms with Crippen molar-refractivity contribution in [3.05, 3.63) is 34.7 Å². The molecule has 1 atom stereocenters. The van der Waals surface area contributed by atoms with Crippen LogP contribution in [0.2, 0.25) is 0 Å². The van der Waals surface area contributed by atoms with Crippen molar-refractivity contribution in [3.8, 4) is 0 Å². The minimum absolute atomic E-state index is 0.264. The second-order valence-corrected chi connectivity index (χ2v) is 4.38. The maximum absolute atomic E-state index is 4.31. The SMILES string of the molecule is CNc1nccc(NC(C)c2cccs2)n1. The zero-order chi connectivity index (χ0) is 11.4. The lowest BCUT2D eigenvalue weighted by atomic mass is 10.3. The van der Waals surface area contributed by atoms with Gasteiger partial charge in [-0.15, -0.1) is 11.3 Å². The number of nitrogens with zero attached hydrogens (tertiary/aromatic N) is 2. The fourth-order valence-electron chi connectivity index (χ4n) is 1.39. The van der Waals surface area contributed by atoms with E-state index in [1.807, 2.05) is 13.1 Å². The average Bonchev–Trinajstić information content (AvgIpc) is 2.83. The Morgan fingerprint density at radius 2 is 2.25 bits per heavy atom. The van der Waals surface area contributed by atoms with Gasteiger partial charge in [0.15, 0.2) is 0 Å². The highest BCUT2D eigenvalue weighted by atomic mass is 32.1. The molecular weight excluding hydrogens is 220 g/mol. The molecule has 5 heteroatoms. The van der Waals surface area contributed by atoms with Crippen LogP contribution in [0.4, 0.5) is 11.8 Å². The van der Waals surface area contributed by atoms with Crippen molar-refractivity contribution in [1.82, 2.24) is 9.97 Å². The molecule has 0 aromatic carbocycles. The van der Waals surface area contributed by atoms with Crippen molar-refractivity contribution in [2.24, 2.45) is 0 Å². The first kappa shape index (κ1) is 10.9. The number of rotatable bonds is 4. The quantitative estimate of drug-likeness (QED) is 0.854. The van der Waals surface area contributed by atoms with Crippen molar-refractivity contribution < 1.29 is 0 Å². The van der Waals surface area contributed by atoms with Gasteiger partial charge in [-0.2, -0.15) is 4.98 Å². The highest BCUT2D eigenvalue weighted by Gasteiger charge is 2.06. The van der Waals surface area contributed by atoms with Crippen LogP contribution in [0.1, 0.15) is 17.8 Å². The molecule has 0 bridgehead atoms. The predicted molar refractivity (Wildman–Crippen MR) is 67.9 cm³/mol. The molecule has 0 amide bonds. The molecule has 1 unspecified atom stereocenters. The summed E-state index contributed by atoms with van der Waals surface area (Å²) < 4.78 is 0. The largest absolute Gasteiger partial charge is 0.363 e. The third-order valence-corrected chi connectivity index (χ3v) is 3.27. The molecule has 4 nitrogen and oxygen atoms in total. The van der Waals surface area contributed by atoms with E-state index in [0.29, 0.717) is 5.95 Å². The van der Waals surface area contributed by atoms with Gasteiger partial charge < -0.3 is 10.6 Å². The number of anilines is 2. The van der Waals surface area contributed by atoms with E-state index in [4.69, 9.17) is 0 Å². The van der Waals surface area contributed by atoms with Gasteiger partial charge in [0.1, 0.15) is 5.82 Å². The molecule has 2 N–H and O–H groups in total. The highest BCUT2D eigenvalue weighted by Crippen LogP contribution is 2.22. The van der Waals surface area contributed by atoms with Gasteiger partial charge >= 0.3 is 0 Å². The zero-order valence-corrected chi connectivity index (χ0v) is 10.1. The molecule has 2 aromatic heterocycles. The summed E-state index contributed by atoms with van der Waals surface area (Å²) in [6.45, 7) is 2.12. The summed E-state index contributed by atoms with van der Waals surface area (Å²) in [5.74, 6) is 1.46. The van der Waals surface area contributed by atoms with Crippen LogP contribution in [-0.2, 0) is 0 Å². The van der Waals surface area contributed by atoms with Crippen LogP contribution in [0, 0.1) is 0 Å². The minimum atomic E-state index is 0.264. The van der Waals surface area contributed by atoms with E-state index in [1.54, 1.807) is 17.5 Å². The summed E-state index contributed by atoms with van der Waals surface area (Å²) in [4.78, 5) is 9.68. The van der Waals surface area contributed by atoms with Gasteiger partial charge in [-0.25, -0.2) is 4.98 Å². The number of hydrogen-bond donors (Lipinski definition) is 2. The van der Waals surface area contributed by atoms with Crippen LogP contribution in [0.15, 0.2) is 29.8 Å². The van der Waals surface area contributed by atoms with E-state index in [9.17, 15) is 0 Å². The van der Waals surface area contributed by atoms with Crippen LogP contribution >= 0.6 is 11.3 Å². The lowest BCUT2D eigenvalue weighted by Crippen LogP contribution is -2.07. The first-order valence-corrected chi connectivity index (χ1v) is 5.98. The first-order valence-electron chi connectivity index (χ1n) is 5.10. The Labute approximate surface area is 98.8 Å². The molecule has 0 saturated heterocycles. The van der Waals surface area contributed by atoms with Gasteiger partial charge in [-0.1, -0.05) is 6.07 Å². The third-order valence-electron chi connectivity index (χ3n) is 2.21. The van der Waals surface area contributed by atoms with Gasteiger partial charge in [0.25, 0.3) is 0 Å². The smallest absolute Gasteiger partial charge is 0.224 e. The Balaban J connectivity index is 2.08. The normalized spacial score (nSPS) is 12.1. The minimum Gasteiger partial charge on any atom is -0.363 e. The molecule has 0 radical (unpaired) electrons. The fraction of sp³-hybridized carbons (Fsp3) is 0.273. The third kappa shape index (κ3) is 2.49. The fourth-order valence-corrected chi connectivity index (χ4v) is 2.12. The molecule has 0 aliphatic carbocycles. The molecule has 0 aliphatic heterocycles. The van der Waals surface area contributed by atoms with Crippen molar-refractivity contribution in [2.75, 3.05) is 17.7 Å². The summed E-state index contributed by atoms with van der Waals surface area (Å²) >= 11 is 1.74. The predicted octanol–water partition coefficient (Wildman–Crippen LogP) is 2.75. The van der Waals surface area contributed by atoms with E-state index >= 15 is 0 Å². The van der Waals surface area contributed by atoms with Gasteiger partial charge in [0, 0.05) is 18.1 Å². The number of aromatic nitrogens is 2. The molecule has 0 aliphatic rings. The van der Waals surface area contributed by atoms with Crippen molar-refractivity contribution in [1.29, 1.82) is 0 Å². The zero-order valence-electron chi connectivity index (χ0n) is 9.27. The van der Waals surface area contributed by atoms with Crippen LogP contribution in [0.25, 0.3) is 0 Å². The molecule has 2 rings (SSSR count). The molecule has 0 saturated carbocycles. The van der Waals surface area contributed by atoms with Crippen LogP contribution in [0.3, 0.4) is 0 Å². The average molecular weight is 234 g/mol. The summed E-state index contributed by atoms with van der Waals surface area (Å²) in [6, 6.07) is 6.30. The molecule has 2 heterocycles. The van der Waals surface area contributed by atoms with Crippen molar-refractivity contribution in [2.45, 2.75) is 13.0 Å². The Hall–Kier alpha value is -1.62. The first-order chi connectivity index (χ1) is 7.79. The number of nitrogens with one attached hydrogen (secondary N) is 2. The van der Waals surface area contributed by atoms with Gasteiger partial charge in [-0.05, 0) is 24.4 Å². The topological polar surface area (TPSA) is 49.8 Å². The highest BCUT2D eigenvalue weighted by molar-refractivity contribution is 7.10. The second-order valence-electron chi connectivity index (χ2n) is 3.40. The molecule has 84 valence electrons. The molecule has 16 heavy (non-hydrogen) atoms. The van der Waals surface area contributed by atoms with E-state index in [0.717, 1.165) is 5.82 Å². The Bertz CT molecular complexity index is 441. The maximum Gasteiger partial charge on any atom is 0.224 e. The Kier molecular flexibility index (Phi) is 3.36. The number of hydrogen-bond acceptors (Lipinski definition) is 5. The van der Waals surface area contributed by atoms with Gasteiger partial charge in [-0.3, -0.25) is 0 Å². The molecule has 0 fully saturated rings. The Morgan fingerprint density at radius 1 is 1.38 bits per heavy atom. The van der Waals surface area contributed by atoms with E-state index in [-0.39, 0.29) is 6.04 Å². The van der Waals surface area contributed by atoms with E-state index in [2.05, 4.69) is 45.0 Å². The second kappa shape index (κ2) is 4.94. The van der Waals surface area contributed by atoms with Gasteiger partial charge in [0.05, 0.1) is 6.04 Å². The molecular formula is C11H14N4S.